The van der Waals surface area contributed by atoms with Gasteiger partial charge in [-0.2, -0.15) is 0 Å². The SMILES string of the molecule is C=CC(=O)N1CCC(Cc2cccc(C)c2)C1. The predicted molar refractivity (Wildman–Crippen MR) is 69.8 cm³/mol. The number of rotatable bonds is 3. The summed E-state index contributed by atoms with van der Waals surface area (Å²) >= 11 is 0. The van der Waals surface area contributed by atoms with Crippen molar-refractivity contribution in [2.75, 3.05) is 13.1 Å². The Morgan fingerprint density at radius 3 is 3.12 bits per heavy atom. The summed E-state index contributed by atoms with van der Waals surface area (Å²) in [4.78, 5) is 13.4. The minimum atomic E-state index is 0.0664. The van der Waals surface area contributed by atoms with Crippen molar-refractivity contribution in [1.82, 2.24) is 4.90 Å². The van der Waals surface area contributed by atoms with Gasteiger partial charge in [0.2, 0.25) is 5.91 Å². The normalized spacial score (nSPS) is 19.4. The molecule has 0 radical (unpaired) electrons. The third-order valence-corrected chi connectivity index (χ3v) is 3.38. The average molecular weight is 229 g/mol. The molecule has 2 nitrogen and oxygen atoms in total. The Morgan fingerprint density at radius 2 is 2.41 bits per heavy atom. The van der Waals surface area contributed by atoms with Crippen LogP contribution in [0.1, 0.15) is 17.5 Å². The van der Waals surface area contributed by atoms with Crippen molar-refractivity contribution in [1.29, 1.82) is 0 Å². The van der Waals surface area contributed by atoms with E-state index in [2.05, 4.69) is 37.8 Å². The molecular formula is C15H19NO. The molecule has 1 unspecified atom stereocenters. The number of carbonyl (C=O) groups excluding carboxylic acids is 1. The largest absolute Gasteiger partial charge is 0.339 e. The maximum atomic E-state index is 11.5. The molecule has 1 aromatic carbocycles. The molecule has 1 fully saturated rings. The number of benzene rings is 1. The fourth-order valence-corrected chi connectivity index (χ4v) is 2.50. The predicted octanol–water partition coefficient (Wildman–Crippen LogP) is 2.57. The lowest BCUT2D eigenvalue weighted by molar-refractivity contribution is -0.125. The van der Waals surface area contributed by atoms with Crippen LogP contribution in [0.3, 0.4) is 0 Å². The number of likely N-dealkylation sites (tertiary alicyclic amines) is 1. The van der Waals surface area contributed by atoms with Crippen molar-refractivity contribution in [3.8, 4) is 0 Å². The van der Waals surface area contributed by atoms with E-state index in [-0.39, 0.29) is 5.91 Å². The number of carbonyl (C=O) groups is 1. The van der Waals surface area contributed by atoms with Crippen LogP contribution < -0.4 is 0 Å². The average Bonchev–Trinajstić information content (AvgIpc) is 2.76. The van der Waals surface area contributed by atoms with E-state index in [4.69, 9.17) is 0 Å². The molecule has 1 saturated heterocycles. The standard InChI is InChI=1S/C15H19NO/c1-3-15(17)16-8-7-14(11-16)10-13-6-4-5-12(2)9-13/h3-6,9,14H,1,7-8,10-11H2,2H3. The molecule has 1 heterocycles. The van der Waals surface area contributed by atoms with Crippen LogP contribution in [0, 0.1) is 12.8 Å². The Labute approximate surface area is 103 Å². The van der Waals surface area contributed by atoms with Gasteiger partial charge in [-0.1, -0.05) is 36.4 Å². The fraction of sp³-hybridized carbons (Fsp3) is 0.400. The quantitative estimate of drug-likeness (QED) is 0.729. The second-order valence-electron chi connectivity index (χ2n) is 4.84. The summed E-state index contributed by atoms with van der Waals surface area (Å²) < 4.78 is 0. The lowest BCUT2D eigenvalue weighted by atomic mass is 9.98. The van der Waals surface area contributed by atoms with Gasteiger partial charge in [-0.05, 0) is 37.3 Å². The number of amides is 1. The topological polar surface area (TPSA) is 20.3 Å². The van der Waals surface area contributed by atoms with Gasteiger partial charge in [0.25, 0.3) is 0 Å². The highest BCUT2D eigenvalue weighted by Crippen LogP contribution is 2.21. The van der Waals surface area contributed by atoms with Gasteiger partial charge in [0.15, 0.2) is 0 Å². The molecule has 17 heavy (non-hydrogen) atoms. The lowest BCUT2D eigenvalue weighted by Gasteiger charge is -2.14. The zero-order valence-electron chi connectivity index (χ0n) is 10.4. The maximum absolute atomic E-state index is 11.5. The molecule has 2 heteroatoms. The van der Waals surface area contributed by atoms with E-state index in [1.807, 2.05) is 4.90 Å². The fourth-order valence-electron chi connectivity index (χ4n) is 2.50. The molecule has 1 aliphatic heterocycles. The Hall–Kier alpha value is -1.57. The van der Waals surface area contributed by atoms with Crippen molar-refractivity contribution in [2.45, 2.75) is 19.8 Å². The van der Waals surface area contributed by atoms with Crippen LogP contribution in [-0.2, 0) is 11.2 Å². The third-order valence-electron chi connectivity index (χ3n) is 3.38. The first kappa shape index (κ1) is 11.9. The Bertz CT molecular complexity index is 425. The molecule has 2 rings (SSSR count). The number of hydrogen-bond donors (Lipinski definition) is 0. The van der Waals surface area contributed by atoms with Crippen LogP contribution in [0.4, 0.5) is 0 Å². The second-order valence-corrected chi connectivity index (χ2v) is 4.84. The first-order valence-corrected chi connectivity index (χ1v) is 6.16. The zero-order valence-corrected chi connectivity index (χ0v) is 10.4. The van der Waals surface area contributed by atoms with Gasteiger partial charge in [-0.25, -0.2) is 0 Å². The summed E-state index contributed by atoms with van der Waals surface area (Å²) in [5.74, 6) is 0.664. The van der Waals surface area contributed by atoms with Gasteiger partial charge >= 0.3 is 0 Å². The highest BCUT2D eigenvalue weighted by Gasteiger charge is 2.24. The molecular weight excluding hydrogens is 210 g/mol. The van der Waals surface area contributed by atoms with E-state index in [0.29, 0.717) is 5.92 Å². The summed E-state index contributed by atoms with van der Waals surface area (Å²) in [7, 11) is 0. The van der Waals surface area contributed by atoms with Gasteiger partial charge in [-0.3, -0.25) is 4.79 Å². The lowest BCUT2D eigenvalue weighted by Crippen LogP contribution is -2.26. The zero-order chi connectivity index (χ0) is 12.3. The molecule has 0 saturated carbocycles. The van der Waals surface area contributed by atoms with Crippen LogP contribution in [0.25, 0.3) is 0 Å². The first-order valence-electron chi connectivity index (χ1n) is 6.16. The minimum absolute atomic E-state index is 0.0664. The smallest absolute Gasteiger partial charge is 0.245 e. The van der Waals surface area contributed by atoms with Crippen molar-refractivity contribution >= 4 is 5.91 Å². The van der Waals surface area contributed by atoms with Crippen molar-refractivity contribution in [3.05, 3.63) is 48.0 Å². The molecule has 90 valence electrons. The summed E-state index contributed by atoms with van der Waals surface area (Å²) in [6.45, 7) is 7.40. The van der Waals surface area contributed by atoms with Crippen LogP contribution in [0.5, 0.6) is 0 Å². The van der Waals surface area contributed by atoms with E-state index < -0.39 is 0 Å². The van der Waals surface area contributed by atoms with Crippen LogP contribution in [0.15, 0.2) is 36.9 Å². The Kier molecular flexibility index (Phi) is 3.62. The molecule has 1 aliphatic rings. The molecule has 1 atom stereocenters. The van der Waals surface area contributed by atoms with E-state index in [0.717, 1.165) is 25.9 Å². The molecule has 0 bridgehead atoms. The summed E-state index contributed by atoms with van der Waals surface area (Å²) in [6, 6.07) is 8.63. The minimum Gasteiger partial charge on any atom is -0.339 e. The monoisotopic (exact) mass is 229 g/mol. The van der Waals surface area contributed by atoms with Gasteiger partial charge in [0.05, 0.1) is 0 Å². The third kappa shape index (κ3) is 2.96. The highest BCUT2D eigenvalue weighted by atomic mass is 16.2. The number of aryl methyl sites for hydroxylation is 1. The van der Waals surface area contributed by atoms with Crippen LogP contribution in [0.2, 0.25) is 0 Å². The summed E-state index contributed by atoms with van der Waals surface area (Å²) in [6.07, 6.45) is 3.59. The van der Waals surface area contributed by atoms with Gasteiger partial charge < -0.3 is 4.90 Å². The van der Waals surface area contributed by atoms with Crippen molar-refractivity contribution < 1.29 is 4.79 Å². The number of hydrogen-bond acceptors (Lipinski definition) is 1. The van der Waals surface area contributed by atoms with E-state index >= 15 is 0 Å². The van der Waals surface area contributed by atoms with Gasteiger partial charge in [0.1, 0.15) is 0 Å². The molecule has 0 spiro atoms. The maximum Gasteiger partial charge on any atom is 0.245 e. The molecule has 1 amide bonds. The van der Waals surface area contributed by atoms with Crippen molar-refractivity contribution in [3.63, 3.8) is 0 Å². The highest BCUT2D eigenvalue weighted by molar-refractivity contribution is 5.87. The summed E-state index contributed by atoms with van der Waals surface area (Å²) in [5.41, 5.74) is 2.68. The molecule has 1 aromatic rings. The van der Waals surface area contributed by atoms with Crippen LogP contribution >= 0.6 is 0 Å². The Morgan fingerprint density at radius 1 is 1.59 bits per heavy atom. The van der Waals surface area contributed by atoms with Crippen molar-refractivity contribution in [2.24, 2.45) is 5.92 Å². The number of nitrogens with zero attached hydrogens (tertiary/aromatic N) is 1. The molecule has 0 aromatic heterocycles. The second kappa shape index (κ2) is 5.17. The van der Waals surface area contributed by atoms with Gasteiger partial charge in [-0.15, -0.1) is 0 Å². The summed E-state index contributed by atoms with van der Waals surface area (Å²) in [5, 5.41) is 0. The van der Waals surface area contributed by atoms with E-state index in [1.54, 1.807) is 0 Å². The van der Waals surface area contributed by atoms with E-state index in [9.17, 15) is 4.79 Å². The van der Waals surface area contributed by atoms with Gasteiger partial charge in [0, 0.05) is 13.1 Å². The first-order chi connectivity index (χ1) is 8.19. The molecule has 0 aliphatic carbocycles. The molecule has 0 N–H and O–H groups in total. The van der Waals surface area contributed by atoms with Crippen LogP contribution in [-0.4, -0.2) is 23.9 Å². The Balaban J connectivity index is 1.94. The van der Waals surface area contributed by atoms with E-state index in [1.165, 1.54) is 17.2 Å².